The number of urea groups is 1. The van der Waals surface area contributed by atoms with Gasteiger partial charge in [0, 0.05) is 17.1 Å². The van der Waals surface area contributed by atoms with Gasteiger partial charge in [-0.15, -0.1) is 0 Å². The quantitative estimate of drug-likeness (QED) is 0.481. The number of carbonyl (C=O) groups excluding carboxylic acids is 2. The van der Waals surface area contributed by atoms with E-state index in [4.69, 9.17) is 0 Å². The summed E-state index contributed by atoms with van der Waals surface area (Å²) in [6, 6.07) is 20.6. The second-order valence-electron chi connectivity index (χ2n) is 7.58. The summed E-state index contributed by atoms with van der Waals surface area (Å²) in [5, 5.41) is 8.19. The van der Waals surface area contributed by atoms with Gasteiger partial charge in [-0.25, -0.2) is 13.2 Å². The lowest BCUT2D eigenvalue weighted by molar-refractivity contribution is -0.114. The number of anilines is 4. The van der Waals surface area contributed by atoms with E-state index in [2.05, 4.69) is 16.0 Å². The molecule has 0 heterocycles. The molecule has 8 nitrogen and oxygen atoms in total. The van der Waals surface area contributed by atoms with Crippen LogP contribution in [-0.4, -0.2) is 33.2 Å². The first-order chi connectivity index (χ1) is 15.6. The van der Waals surface area contributed by atoms with Crippen LogP contribution in [0, 0.1) is 13.8 Å². The summed E-state index contributed by atoms with van der Waals surface area (Å²) in [5.41, 5.74) is 3.54. The van der Waals surface area contributed by atoms with Crippen molar-refractivity contribution in [3.05, 3.63) is 83.9 Å². The highest BCUT2D eigenvalue weighted by Gasteiger charge is 2.22. The highest BCUT2D eigenvalue weighted by atomic mass is 32.2. The molecule has 172 valence electrons. The Morgan fingerprint density at radius 2 is 1.42 bits per heavy atom. The van der Waals surface area contributed by atoms with Crippen LogP contribution in [0.25, 0.3) is 0 Å². The third-order valence-corrected chi connectivity index (χ3v) is 6.00. The largest absolute Gasteiger partial charge is 0.324 e. The SMILES string of the molecule is Cc1ccc(NC(=O)Nc2ccccc2)cc1NC(=O)CN(c1ccccc1C)S(C)(=O)=O. The molecule has 3 rings (SSSR count). The minimum absolute atomic E-state index is 0.380. The Balaban J connectivity index is 1.72. The van der Waals surface area contributed by atoms with Gasteiger partial charge >= 0.3 is 6.03 Å². The summed E-state index contributed by atoms with van der Waals surface area (Å²) >= 11 is 0. The van der Waals surface area contributed by atoms with E-state index < -0.39 is 22.0 Å². The highest BCUT2D eigenvalue weighted by Crippen LogP contribution is 2.24. The number of nitrogens with one attached hydrogen (secondary N) is 3. The van der Waals surface area contributed by atoms with Crippen molar-refractivity contribution in [1.29, 1.82) is 0 Å². The normalized spacial score (nSPS) is 10.9. The van der Waals surface area contributed by atoms with Crippen molar-refractivity contribution < 1.29 is 18.0 Å². The minimum atomic E-state index is -3.68. The van der Waals surface area contributed by atoms with Crippen molar-refractivity contribution >= 4 is 44.7 Å². The Labute approximate surface area is 193 Å². The molecule has 0 saturated carbocycles. The van der Waals surface area contributed by atoms with E-state index in [0.29, 0.717) is 22.7 Å². The lowest BCUT2D eigenvalue weighted by Crippen LogP contribution is -2.38. The number of sulfonamides is 1. The summed E-state index contributed by atoms with van der Waals surface area (Å²) in [4.78, 5) is 25.0. The predicted molar refractivity (Wildman–Crippen MR) is 132 cm³/mol. The fraction of sp³-hybridized carbons (Fsp3) is 0.167. The van der Waals surface area contributed by atoms with Gasteiger partial charge in [0.2, 0.25) is 15.9 Å². The summed E-state index contributed by atoms with van der Waals surface area (Å²) in [5.74, 6) is -0.502. The van der Waals surface area contributed by atoms with Crippen LogP contribution in [0.2, 0.25) is 0 Å². The van der Waals surface area contributed by atoms with Crippen LogP contribution < -0.4 is 20.3 Å². The average Bonchev–Trinajstić information content (AvgIpc) is 2.75. The van der Waals surface area contributed by atoms with Gasteiger partial charge in [0.15, 0.2) is 0 Å². The van der Waals surface area contributed by atoms with E-state index in [0.717, 1.165) is 21.7 Å². The zero-order valence-corrected chi connectivity index (χ0v) is 19.4. The molecule has 3 amide bonds. The van der Waals surface area contributed by atoms with Gasteiger partial charge < -0.3 is 16.0 Å². The van der Waals surface area contributed by atoms with E-state index in [1.807, 2.05) is 18.2 Å². The van der Waals surface area contributed by atoms with E-state index in [9.17, 15) is 18.0 Å². The monoisotopic (exact) mass is 466 g/mol. The van der Waals surface area contributed by atoms with Crippen LogP contribution in [0.15, 0.2) is 72.8 Å². The Kier molecular flexibility index (Phi) is 7.34. The zero-order valence-electron chi connectivity index (χ0n) is 18.6. The van der Waals surface area contributed by atoms with Gasteiger partial charge in [-0.2, -0.15) is 0 Å². The number of carbonyl (C=O) groups is 2. The number of para-hydroxylation sites is 2. The number of rotatable bonds is 7. The first kappa shape index (κ1) is 23.8. The smallest absolute Gasteiger partial charge is 0.323 e. The lowest BCUT2D eigenvalue weighted by atomic mass is 10.1. The van der Waals surface area contributed by atoms with Gasteiger partial charge in [0.05, 0.1) is 11.9 Å². The number of benzene rings is 3. The average molecular weight is 467 g/mol. The molecule has 0 bridgehead atoms. The van der Waals surface area contributed by atoms with Gasteiger partial charge in [0.1, 0.15) is 6.54 Å². The molecule has 33 heavy (non-hydrogen) atoms. The number of aryl methyl sites for hydroxylation is 2. The summed E-state index contributed by atoms with van der Waals surface area (Å²) < 4.78 is 25.8. The molecule has 0 atom stereocenters. The van der Waals surface area contributed by atoms with Crippen LogP contribution >= 0.6 is 0 Å². The van der Waals surface area contributed by atoms with Gasteiger partial charge in [0.25, 0.3) is 0 Å². The third kappa shape index (κ3) is 6.56. The summed E-state index contributed by atoms with van der Waals surface area (Å²) in [6.07, 6.45) is 1.06. The predicted octanol–water partition coefficient (Wildman–Crippen LogP) is 4.35. The van der Waals surface area contributed by atoms with E-state index >= 15 is 0 Å². The van der Waals surface area contributed by atoms with Crippen molar-refractivity contribution in [2.75, 3.05) is 33.1 Å². The Morgan fingerprint density at radius 1 is 0.788 bits per heavy atom. The number of hydrogen-bond acceptors (Lipinski definition) is 4. The second-order valence-corrected chi connectivity index (χ2v) is 9.49. The van der Waals surface area contributed by atoms with Crippen molar-refractivity contribution in [3.63, 3.8) is 0 Å². The number of hydrogen-bond donors (Lipinski definition) is 3. The second kappa shape index (κ2) is 10.2. The van der Waals surface area contributed by atoms with E-state index in [1.165, 1.54) is 0 Å². The third-order valence-electron chi connectivity index (χ3n) is 4.87. The number of amides is 3. The molecule has 0 saturated heterocycles. The molecule has 3 aromatic rings. The van der Waals surface area contributed by atoms with Crippen LogP contribution in [0.4, 0.5) is 27.5 Å². The Bertz CT molecular complexity index is 1260. The van der Waals surface area contributed by atoms with Crippen LogP contribution in [0.3, 0.4) is 0 Å². The maximum Gasteiger partial charge on any atom is 0.323 e. The van der Waals surface area contributed by atoms with Crippen molar-refractivity contribution in [2.24, 2.45) is 0 Å². The molecule has 0 spiro atoms. The van der Waals surface area contributed by atoms with Crippen LogP contribution in [-0.2, 0) is 14.8 Å². The van der Waals surface area contributed by atoms with E-state index in [-0.39, 0.29) is 6.54 Å². The maximum absolute atomic E-state index is 12.8. The molecule has 3 N–H and O–H groups in total. The van der Waals surface area contributed by atoms with Crippen LogP contribution in [0.5, 0.6) is 0 Å². The maximum atomic E-state index is 12.8. The molecule has 0 aliphatic heterocycles. The first-order valence-electron chi connectivity index (χ1n) is 10.2. The van der Waals surface area contributed by atoms with Gasteiger partial charge in [-0.3, -0.25) is 9.10 Å². The minimum Gasteiger partial charge on any atom is -0.324 e. The summed E-state index contributed by atoms with van der Waals surface area (Å²) in [7, 11) is -3.68. The van der Waals surface area contributed by atoms with E-state index in [1.54, 1.807) is 68.4 Å². The highest BCUT2D eigenvalue weighted by molar-refractivity contribution is 7.92. The fourth-order valence-corrected chi connectivity index (χ4v) is 4.11. The molecular formula is C24H26N4O4S. The molecule has 0 aliphatic carbocycles. The zero-order chi connectivity index (χ0) is 24.0. The van der Waals surface area contributed by atoms with Crippen LogP contribution in [0.1, 0.15) is 11.1 Å². The Morgan fingerprint density at radius 3 is 2.09 bits per heavy atom. The first-order valence-corrected chi connectivity index (χ1v) is 12.1. The number of nitrogens with zero attached hydrogens (tertiary/aromatic N) is 1. The Hall–Kier alpha value is -3.85. The molecular weight excluding hydrogens is 440 g/mol. The summed E-state index contributed by atoms with van der Waals surface area (Å²) in [6.45, 7) is 3.21. The van der Waals surface area contributed by atoms with Gasteiger partial charge in [-0.1, -0.05) is 42.5 Å². The molecule has 0 aromatic heterocycles. The molecule has 9 heteroatoms. The van der Waals surface area contributed by atoms with Gasteiger partial charge in [-0.05, 0) is 55.3 Å². The standard InChI is InChI=1S/C24H26N4O4S/c1-17-13-14-20(26-24(30)25-19-10-5-4-6-11-19)15-21(17)27-23(29)16-28(33(3,31)32)22-12-8-7-9-18(22)2/h4-15H,16H2,1-3H3,(H,27,29)(H2,25,26,30). The molecule has 0 unspecified atom stereocenters. The molecule has 3 aromatic carbocycles. The topological polar surface area (TPSA) is 108 Å². The molecule has 0 radical (unpaired) electrons. The lowest BCUT2D eigenvalue weighted by Gasteiger charge is -2.23. The van der Waals surface area contributed by atoms with Crippen molar-refractivity contribution in [1.82, 2.24) is 0 Å². The fourth-order valence-electron chi connectivity index (χ4n) is 3.19. The van der Waals surface area contributed by atoms with Crippen molar-refractivity contribution in [2.45, 2.75) is 13.8 Å². The molecule has 0 aliphatic rings. The van der Waals surface area contributed by atoms with Crippen molar-refractivity contribution in [3.8, 4) is 0 Å². The molecule has 0 fully saturated rings.